The minimum absolute atomic E-state index is 0.0371. The Morgan fingerprint density at radius 3 is 2.53 bits per heavy atom. The van der Waals surface area contributed by atoms with Gasteiger partial charge < -0.3 is 39.6 Å². The zero-order chi connectivity index (χ0) is 32.0. The predicted octanol–water partition coefficient (Wildman–Crippen LogP) is -0.310. The van der Waals surface area contributed by atoms with E-state index in [1.54, 1.807) is 0 Å². The Kier molecular flexibility index (Phi) is 9.13. The van der Waals surface area contributed by atoms with Gasteiger partial charge in [0.15, 0.2) is 41.3 Å². The van der Waals surface area contributed by atoms with E-state index in [1.807, 2.05) is 0 Å². The van der Waals surface area contributed by atoms with Crippen molar-refractivity contribution >= 4 is 74.2 Å². The second-order valence-corrected chi connectivity index (χ2v) is 13.1. The number of aromatic amines is 1. The molecule has 0 aliphatic carbocycles. The van der Waals surface area contributed by atoms with Crippen LogP contribution in [0.5, 0.6) is 0 Å². The Bertz CT molecular complexity index is 1830. The maximum Gasteiger partial charge on any atom is 0.327 e. The molecule has 6 heterocycles. The van der Waals surface area contributed by atoms with Crippen molar-refractivity contribution in [1.82, 2.24) is 39.0 Å². The van der Waals surface area contributed by atoms with E-state index in [4.69, 9.17) is 50.5 Å². The zero-order valence-electron chi connectivity index (χ0n) is 22.3. The highest BCUT2D eigenvalue weighted by atomic mass is 32.5. The standard InChI is InChI=1S/C20H23FN10O10P2S2/c21-8-12(41-44)7(39-18(8)30-4-26-9-14(22)24-3-25-15(9)30)2-37-43(35,45)40-13-11(32)6(1-36-42-34)38-19(13)31-5-27-10-16(31)28-20(23)29-17(10)33/h3-8,11-13,18-19,32,44H,1-2H2,(H,35,45)(H2,22,24,25)(H3,23,28,29,33). The van der Waals surface area contributed by atoms with E-state index in [0.29, 0.717) is 0 Å². The van der Waals surface area contributed by atoms with Gasteiger partial charge in [0.1, 0.15) is 42.4 Å². The molecule has 0 aromatic carbocycles. The van der Waals surface area contributed by atoms with Gasteiger partial charge in [-0.05, 0) is 24.7 Å². The summed E-state index contributed by atoms with van der Waals surface area (Å²) in [6.07, 6.45) is -7.42. The smallest absolute Gasteiger partial charge is 0.327 e. The Labute approximate surface area is 262 Å². The van der Waals surface area contributed by atoms with Crippen LogP contribution in [0, 0.1) is 0 Å². The van der Waals surface area contributed by atoms with Crippen molar-refractivity contribution in [1.29, 1.82) is 0 Å². The van der Waals surface area contributed by atoms with Crippen LogP contribution in [0.2, 0.25) is 0 Å². The van der Waals surface area contributed by atoms with Gasteiger partial charge in [0.2, 0.25) is 5.95 Å². The molecule has 25 heteroatoms. The lowest BCUT2D eigenvalue weighted by molar-refractivity contribution is -0.0515. The fraction of sp³-hybridized carbons (Fsp3) is 0.500. The number of H-pyrrole nitrogens is 1. The van der Waals surface area contributed by atoms with E-state index in [0.717, 1.165) is 0 Å². The van der Waals surface area contributed by atoms with Gasteiger partial charge in [-0.3, -0.25) is 28.0 Å². The SMILES string of the molecule is Nc1nc2c(ncn2C2OC(COP=O)C(O)C2OP(O)(=S)OCC2OC(n3cnc4c(N)ncnc43)C(F)C2OS)c(=O)[nH]1. The highest BCUT2D eigenvalue weighted by Gasteiger charge is 2.51. The monoisotopic (exact) mass is 708 g/mol. The molecule has 20 nitrogen and oxygen atoms in total. The third-order valence-corrected chi connectivity index (χ3v) is 9.09. The second kappa shape index (κ2) is 12.8. The number of ether oxygens (including phenoxy) is 2. The number of hydrogen-bond acceptors (Lipinski definition) is 18. The summed E-state index contributed by atoms with van der Waals surface area (Å²) in [4.78, 5) is 45.8. The molecule has 0 saturated carbocycles. The van der Waals surface area contributed by atoms with E-state index < -0.39 is 76.7 Å². The zero-order valence-corrected chi connectivity index (χ0v) is 25.8. The van der Waals surface area contributed by atoms with Crippen LogP contribution in [0.25, 0.3) is 22.3 Å². The number of halogens is 1. The Balaban J connectivity index is 1.21. The lowest BCUT2D eigenvalue weighted by Gasteiger charge is -2.27. The van der Waals surface area contributed by atoms with Gasteiger partial charge in [-0.1, -0.05) is 0 Å². The van der Waals surface area contributed by atoms with Gasteiger partial charge >= 0.3 is 15.4 Å². The van der Waals surface area contributed by atoms with Crippen LogP contribution in [0.1, 0.15) is 12.5 Å². The molecule has 0 radical (unpaired) electrons. The number of imidazole rings is 2. The van der Waals surface area contributed by atoms with Gasteiger partial charge in [-0.25, -0.2) is 28.9 Å². The molecule has 2 aliphatic rings. The van der Waals surface area contributed by atoms with Crippen LogP contribution in [0.15, 0.2) is 23.8 Å². The molecule has 0 amide bonds. The third-order valence-electron chi connectivity index (χ3n) is 7.04. The molecular formula is C20H23FN10O10P2S2. The summed E-state index contributed by atoms with van der Waals surface area (Å²) in [5.74, 6) is -0.146. The van der Waals surface area contributed by atoms with Crippen LogP contribution >= 0.6 is 28.3 Å². The molecule has 2 saturated heterocycles. The molecule has 242 valence electrons. The largest absolute Gasteiger partial charge is 0.387 e. The summed E-state index contributed by atoms with van der Waals surface area (Å²) in [6, 6.07) is 0. The maximum atomic E-state index is 15.5. The Morgan fingerprint density at radius 2 is 1.80 bits per heavy atom. The first-order valence-electron chi connectivity index (χ1n) is 12.7. The number of nitrogens with two attached hydrogens (primary N) is 2. The number of hydrogen-bond donors (Lipinski definition) is 6. The van der Waals surface area contributed by atoms with Gasteiger partial charge in [0.05, 0.1) is 25.9 Å². The highest BCUT2D eigenvalue weighted by Crippen LogP contribution is 2.50. The Morgan fingerprint density at radius 1 is 1.09 bits per heavy atom. The van der Waals surface area contributed by atoms with Crippen molar-refractivity contribution in [3.63, 3.8) is 0 Å². The number of alkyl halides is 1. The van der Waals surface area contributed by atoms with Gasteiger partial charge in [-0.2, -0.15) is 4.98 Å². The molecule has 4 aromatic rings. The second-order valence-electron chi connectivity index (χ2n) is 9.70. The van der Waals surface area contributed by atoms with E-state index >= 15 is 4.39 Å². The maximum absolute atomic E-state index is 15.5. The fourth-order valence-corrected chi connectivity index (χ4v) is 6.89. The third kappa shape index (κ3) is 6.06. The number of nitrogens with zero attached hydrogens (tertiary/aromatic N) is 7. The number of fused-ring (bicyclic) bond motifs is 2. The molecule has 4 aromatic heterocycles. The molecule has 9 atom stereocenters. The van der Waals surface area contributed by atoms with Crippen LogP contribution in [0.4, 0.5) is 16.2 Å². The molecule has 9 unspecified atom stereocenters. The summed E-state index contributed by atoms with van der Waals surface area (Å²) < 4.78 is 61.7. The highest BCUT2D eigenvalue weighted by molar-refractivity contribution is 8.07. The first-order valence-corrected chi connectivity index (χ1v) is 16.4. The quantitative estimate of drug-likeness (QED) is 0.0662. The van der Waals surface area contributed by atoms with Crippen LogP contribution < -0.4 is 17.0 Å². The van der Waals surface area contributed by atoms with Gasteiger partial charge in [0, 0.05) is 0 Å². The van der Waals surface area contributed by atoms with Crippen molar-refractivity contribution in [3.8, 4) is 0 Å². The van der Waals surface area contributed by atoms with E-state index in [9.17, 15) is 19.4 Å². The molecular weight excluding hydrogens is 685 g/mol. The predicted molar refractivity (Wildman–Crippen MR) is 156 cm³/mol. The summed E-state index contributed by atoms with van der Waals surface area (Å²) in [7, 11) is -0.686. The first-order chi connectivity index (χ1) is 21.5. The van der Waals surface area contributed by atoms with E-state index in [2.05, 4.69) is 42.8 Å². The normalized spacial score (nSPS) is 30.0. The van der Waals surface area contributed by atoms with Gasteiger partial charge in [-0.15, -0.1) is 0 Å². The number of nitrogens with one attached hydrogen (secondary N) is 1. The summed E-state index contributed by atoms with van der Waals surface area (Å²) in [6.45, 7) is -5.19. The van der Waals surface area contributed by atoms with E-state index in [-0.39, 0.29) is 40.7 Å². The number of aliphatic hydroxyl groups is 1. The minimum Gasteiger partial charge on any atom is -0.387 e. The van der Waals surface area contributed by atoms with E-state index in [1.165, 1.54) is 28.1 Å². The molecule has 7 N–H and O–H groups in total. The van der Waals surface area contributed by atoms with Crippen molar-refractivity contribution in [2.45, 2.75) is 49.1 Å². The lowest BCUT2D eigenvalue weighted by Crippen LogP contribution is -2.36. The number of rotatable bonds is 11. The van der Waals surface area contributed by atoms with Crippen molar-refractivity contribution in [3.05, 3.63) is 29.3 Å². The molecule has 2 aliphatic heterocycles. The molecule has 0 spiro atoms. The van der Waals surface area contributed by atoms with Crippen LogP contribution in [0.3, 0.4) is 0 Å². The first kappa shape index (κ1) is 32.2. The topological polar surface area (TPSA) is 272 Å². The number of aliphatic hydroxyl groups excluding tert-OH is 1. The average molecular weight is 709 g/mol. The van der Waals surface area contributed by atoms with Crippen LogP contribution in [-0.2, 0) is 43.6 Å². The minimum atomic E-state index is -4.28. The number of aromatic nitrogens is 8. The average Bonchev–Trinajstić information content (AvgIpc) is 3.76. The molecule has 0 bridgehead atoms. The lowest BCUT2D eigenvalue weighted by atomic mass is 10.1. The van der Waals surface area contributed by atoms with Crippen molar-refractivity contribution < 1.29 is 46.2 Å². The summed E-state index contributed by atoms with van der Waals surface area (Å²) in [5.41, 5.74) is 11.2. The fourth-order valence-electron chi connectivity index (χ4n) is 5.01. The molecule has 6 rings (SSSR count). The number of thiol groups is 1. The summed E-state index contributed by atoms with van der Waals surface area (Å²) >= 11 is 8.98. The number of nitrogen functional groups attached to an aromatic ring is 2. The summed E-state index contributed by atoms with van der Waals surface area (Å²) in [5, 5.41) is 11.0. The van der Waals surface area contributed by atoms with Crippen LogP contribution in [-0.4, -0.2) is 98.9 Å². The number of anilines is 2. The molecule has 2 fully saturated rings. The van der Waals surface area contributed by atoms with Crippen molar-refractivity contribution in [2.24, 2.45) is 0 Å². The van der Waals surface area contributed by atoms with Crippen molar-refractivity contribution in [2.75, 3.05) is 24.7 Å². The molecule has 45 heavy (non-hydrogen) atoms. The Hall–Kier alpha value is -2.79. The van der Waals surface area contributed by atoms with Gasteiger partial charge in [0.25, 0.3) is 5.56 Å².